The van der Waals surface area contributed by atoms with Gasteiger partial charge in [0.05, 0.1) is 0 Å². The van der Waals surface area contributed by atoms with E-state index in [0.717, 1.165) is 49.9 Å². The lowest BCUT2D eigenvalue weighted by Gasteiger charge is -2.32. The van der Waals surface area contributed by atoms with Crippen LogP contribution >= 0.6 is 0 Å². The van der Waals surface area contributed by atoms with Gasteiger partial charge in [0.1, 0.15) is 5.56 Å². The van der Waals surface area contributed by atoms with Gasteiger partial charge in [0, 0.05) is 43.0 Å². The third kappa shape index (κ3) is 3.52. The van der Waals surface area contributed by atoms with E-state index in [1.54, 1.807) is 4.57 Å². The van der Waals surface area contributed by atoms with Crippen molar-refractivity contribution < 1.29 is 19.8 Å². The molecule has 0 atom stereocenters. The Morgan fingerprint density at radius 1 is 1.10 bits per heavy atom. The first-order valence-corrected chi connectivity index (χ1v) is 9.97. The van der Waals surface area contributed by atoms with Gasteiger partial charge in [0.2, 0.25) is 11.3 Å². The zero-order valence-electron chi connectivity index (χ0n) is 16.1. The SMILES string of the molecule is O=C(O)c1cn(CC2(c3cccc(N4CCCC4=O)c3)CCCC2)cc(O)c1=O. The third-order valence-corrected chi connectivity index (χ3v) is 6.18. The first kappa shape index (κ1) is 19.2. The van der Waals surface area contributed by atoms with Crippen LogP contribution < -0.4 is 10.3 Å². The van der Waals surface area contributed by atoms with Gasteiger partial charge in [0.25, 0.3) is 0 Å². The maximum Gasteiger partial charge on any atom is 0.341 e. The van der Waals surface area contributed by atoms with Crippen molar-refractivity contribution in [3.05, 3.63) is 58.0 Å². The molecule has 1 aromatic heterocycles. The van der Waals surface area contributed by atoms with Crippen LogP contribution in [0.4, 0.5) is 5.69 Å². The van der Waals surface area contributed by atoms with Gasteiger partial charge >= 0.3 is 5.97 Å². The Kier molecular flexibility index (Phi) is 4.90. The number of aromatic carboxylic acids is 1. The molecule has 2 fully saturated rings. The molecule has 1 saturated carbocycles. The number of hydrogen-bond donors (Lipinski definition) is 2. The van der Waals surface area contributed by atoms with Crippen LogP contribution in [0.15, 0.2) is 41.5 Å². The summed E-state index contributed by atoms with van der Waals surface area (Å²) in [5, 5.41) is 19.2. The highest BCUT2D eigenvalue weighted by atomic mass is 16.4. The maximum absolute atomic E-state index is 12.2. The first-order chi connectivity index (χ1) is 13.9. The van der Waals surface area contributed by atoms with Gasteiger partial charge in [-0.2, -0.15) is 0 Å². The molecule has 1 aliphatic heterocycles. The van der Waals surface area contributed by atoms with Crippen LogP contribution in [0.1, 0.15) is 54.4 Å². The summed E-state index contributed by atoms with van der Waals surface area (Å²) in [7, 11) is 0. The number of nitrogens with zero attached hydrogens (tertiary/aromatic N) is 2. The van der Waals surface area contributed by atoms with E-state index in [0.29, 0.717) is 13.0 Å². The molecule has 29 heavy (non-hydrogen) atoms. The number of aromatic nitrogens is 1. The minimum atomic E-state index is -1.35. The number of rotatable bonds is 5. The lowest BCUT2D eigenvalue weighted by molar-refractivity contribution is -0.117. The van der Waals surface area contributed by atoms with Crippen molar-refractivity contribution in [2.75, 3.05) is 11.4 Å². The van der Waals surface area contributed by atoms with Crippen molar-refractivity contribution in [2.45, 2.75) is 50.5 Å². The Balaban J connectivity index is 1.72. The number of carbonyl (C=O) groups excluding carboxylic acids is 1. The summed E-state index contributed by atoms with van der Waals surface area (Å²) in [5.74, 6) is -1.77. The Morgan fingerprint density at radius 3 is 2.52 bits per heavy atom. The number of anilines is 1. The molecule has 7 nitrogen and oxygen atoms in total. The number of carboxylic acids is 1. The van der Waals surface area contributed by atoms with E-state index >= 15 is 0 Å². The van der Waals surface area contributed by atoms with Gasteiger partial charge in [-0.25, -0.2) is 4.79 Å². The smallest absolute Gasteiger partial charge is 0.341 e. The number of benzene rings is 1. The van der Waals surface area contributed by atoms with Crippen molar-refractivity contribution in [2.24, 2.45) is 0 Å². The second-order valence-electron chi connectivity index (χ2n) is 8.05. The second-order valence-corrected chi connectivity index (χ2v) is 8.05. The van der Waals surface area contributed by atoms with Crippen LogP contribution in [0.3, 0.4) is 0 Å². The first-order valence-electron chi connectivity index (χ1n) is 9.97. The van der Waals surface area contributed by atoms with Crippen molar-refractivity contribution in [1.82, 2.24) is 4.57 Å². The van der Waals surface area contributed by atoms with Crippen LogP contribution in [0.2, 0.25) is 0 Å². The summed E-state index contributed by atoms with van der Waals surface area (Å²) in [4.78, 5) is 37.2. The highest BCUT2D eigenvalue weighted by molar-refractivity contribution is 5.95. The van der Waals surface area contributed by atoms with E-state index in [1.807, 2.05) is 17.0 Å². The van der Waals surface area contributed by atoms with E-state index in [-0.39, 0.29) is 11.3 Å². The molecule has 2 N–H and O–H groups in total. The molecule has 0 radical (unpaired) electrons. The average molecular weight is 396 g/mol. The number of hydrogen-bond acceptors (Lipinski definition) is 4. The largest absolute Gasteiger partial charge is 0.503 e. The lowest BCUT2D eigenvalue weighted by Crippen LogP contribution is -2.30. The Labute approximate surface area is 168 Å². The van der Waals surface area contributed by atoms with Gasteiger partial charge in [-0.3, -0.25) is 9.59 Å². The third-order valence-electron chi connectivity index (χ3n) is 6.18. The van der Waals surface area contributed by atoms with Crippen molar-refractivity contribution in [3.63, 3.8) is 0 Å². The average Bonchev–Trinajstić information content (AvgIpc) is 3.34. The normalized spacial score (nSPS) is 18.3. The number of carboxylic acid groups (broad SMARTS) is 1. The topological polar surface area (TPSA) is 99.8 Å². The van der Waals surface area contributed by atoms with Gasteiger partial charge < -0.3 is 19.7 Å². The summed E-state index contributed by atoms with van der Waals surface area (Å²) in [6, 6.07) is 8.02. The predicted octanol–water partition coefficient (Wildman–Crippen LogP) is 2.89. The van der Waals surface area contributed by atoms with Crippen LogP contribution in [-0.4, -0.2) is 33.2 Å². The molecule has 1 amide bonds. The molecule has 7 heteroatoms. The maximum atomic E-state index is 12.2. The van der Waals surface area contributed by atoms with E-state index in [4.69, 9.17) is 0 Å². The summed E-state index contributed by atoms with van der Waals surface area (Å²) in [6.45, 7) is 1.18. The van der Waals surface area contributed by atoms with Crippen molar-refractivity contribution in [1.29, 1.82) is 0 Å². The Bertz CT molecular complexity index is 1020. The number of aromatic hydroxyl groups is 1. The number of amides is 1. The van der Waals surface area contributed by atoms with E-state index in [1.165, 1.54) is 12.4 Å². The van der Waals surface area contributed by atoms with Crippen molar-refractivity contribution in [3.8, 4) is 5.75 Å². The molecule has 2 aromatic rings. The molecule has 1 saturated heterocycles. The quantitative estimate of drug-likeness (QED) is 0.810. The zero-order valence-corrected chi connectivity index (χ0v) is 16.1. The van der Waals surface area contributed by atoms with E-state index in [2.05, 4.69) is 12.1 Å². The van der Waals surface area contributed by atoms with Crippen LogP contribution in [0.5, 0.6) is 5.75 Å². The molecule has 1 aliphatic carbocycles. The van der Waals surface area contributed by atoms with E-state index < -0.39 is 22.7 Å². The molecular weight excluding hydrogens is 372 g/mol. The van der Waals surface area contributed by atoms with Crippen LogP contribution in [0.25, 0.3) is 0 Å². The van der Waals surface area contributed by atoms with Crippen molar-refractivity contribution >= 4 is 17.6 Å². The summed E-state index contributed by atoms with van der Waals surface area (Å²) in [5.41, 5.74) is 0.446. The highest BCUT2D eigenvalue weighted by Crippen LogP contribution is 2.43. The summed E-state index contributed by atoms with van der Waals surface area (Å²) < 4.78 is 1.61. The number of pyridine rings is 1. The van der Waals surface area contributed by atoms with Gasteiger partial charge in [0.15, 0.2) is 5.75 Å². The number of carbonyl (C=O) groups is 2. The fraction of sp³-hybridized carbons (Fsp3) is 0.409. The minimum Gasteiger partial charge on any atom is -0.503 e. The van der Waals surface area contributed by atoms with Gasteiger partial charge in [-0.15, -0.1) is 0 Å². The molecule has 2 heterocycles. The van der Waals surface area contributed by atoms with Gasteiger partial charge in [-0.05, 0) is 37.0 Å². The monoisotopic (exact) mass is 396 g/mol. The lowest BCUT2D eigenvalue weighted by atomic mass is 9.78. The fourth-order valence-corrected chi connectivity index (χ4v) is 4.72. The molecule has 0 unspecified atom stereocenters. The standard InChI is InChI=1S/C22H24N2O5/c25-18-13-23(12-17(20(18)27)21(28)29)14-22(8-1-2-9-22)15-5-3-6-16(11-15)24-10-4-7-19(24)26/h3,5-6,11-13,25H,1-2,4,7-10,14H2,(H,28,29). The molecule has 152 valence electrons. The molecule has 4 rings (SSSR count). The zero-order chi connectivity index (χ0) is 20.6. The van der Waals surface area contributed by atoms with Gasteiger partial charge in [-0.1, -0.05) is 25.0 Å². The molecular formula is C22H24N2O5. The Hall–Kier alpha value is -3.09. The minimum absolute atomic E-state index is 0.138. The Morgan fingerprint density at radius 2 is 1.86 bits per heavy atom. The predicted molar refractivity (Wildman–Crippen MR) is 108 cm³/mol. The molecule has 0 spiro atoms. The summed E-state index contributed by atoms with van der Waals surface area (Å²) in [6.07, 6.45) is 7.98. The fourth-order valence-electron chi connectivity index (χ4n) is 4.72. The summed E-state index contributed by atoms with van der Waals surface area (Å²) >= 11 is 0. The van der Waals surface area contributed by atoms with E-state index in [9.17, 15) is 24.6 Å². The molecule has 1 aromatic carbocycles. The highest BCUT2D eigenvalue weighted by Gasteiger charge is 2.37. The second kappa shape index (κ2) is 7.39. The molecule has 2 aliphatic rings. The van der Waals surface area contributed by atoms with Crippen LogP contribution in [-0.2, 0) is 16.8 Å². The van der Waals surface area contributed by atoms with Crippen LogP contribution in [0, 0.1) is 0 Å². The molecule has 0 bridgehead atoms.